The lowest BCUT2D eigenvalue weighted by Crippen LogP contribution is -2.30. The second-order valence-corrected chi connectivity index (χ2v) is 31.0. The summed E-state index contributed by atoms with van der Waals surface area (Å²) in [5, 5.41) is 10.6. The monoisotopic (exact) mass is 1400 g/mol. The molecule has 0 aliphatic carbocycles. The van der Waals surface area contributed by atoms with Crippen LogP contribution in [0.25, 0.3) is 0 Å². The fourth-order valence-electron chi connectivity index (χ4n) is 11.6. The summed E-state index contributed by atoms with van der Waals surface area (Å²) < 4.78 is 68.4. The van der Waals surface area contributed by atoms with Crippen molar-refractivity contribution in [2.75, 3.05) is 39.6 Å². The first-order chi connectivity index (χ1) is 45.9. The Balaban J connectivity index is 5.17. The molecule has 0 saturated heterocycles. The van der Waals surface area contributed by atoms with Crippen molar-refractivity contribution in [3.8, 4) is 0 Å². The molecule has 0 rings (SSSR count). The molecule has 19 heteroatoms. The normalized spacial score (nSPS) is 14.3. The molecule has 0 spiro atoms. The third-order valence-corrected chi connectivity index (χ3v) is 20.0. The summed E-state index contributed by atoms with van der Waals surface area (Å²) in [4.78, 5) is 72.6. The molecular formula is C76H148O17P2. The lowest BCUT2D eigenvalue weighted by Gasteiger charge is -2.21. The molecule has 564 valence electrons. The Kier molecular flexibility index (Phi) is 66.5. The number of ether oxygens (including phenoxy) is 4. The number of aliphatic hydroxyl groups is 1. The predicted octanol–water partition coefficient (Wildman–Crippen LogP) is 22.3. The van der Waals surface area contributed by atoms with Gasteiger partial charge in [0.15, 0.2) is 12.2 Å². The van der Waals surface area contributed by atoms with Crippen LogP contribution in [0.2, 0.25) is 0 Å². The van der Waals surface area contributed by atoms with Crippen LogP contribution >= 0.6 is 15.6 Å². The summed E-state index contributed by atoms with van der Waals surface area (Å²) >= 11 is 0. The van der Waals surface area contributed by atoms with Crippen molar-refractivity contribution in [2.24, 2.45) is 11.8 Å². The van der Waals surface area contributed by atoms with Gasteiger partial charge in [0.1, 0.15) is 19.3 Å². The topological polar surface area (TPSA) is 237 Å². The van der Waals surface area contributed by atoms with Crippen LogP contribution < -0.4 is 0 Å². The maximum atomic E-state index is 13.1. The molecule has 3 N–H and O–H groups in total. The molecule has 0 aromatic rings. The molecule has 0 aromatic carbocycles. The van der Waals surface area contributed by atoms with Gasteiger partial charge in [-0.15, -0.1) is 0 Å². The molecule has 0 radical (unpaired) electrons. The van der Waals surface area contributed by atoms with Crippen molar-refractivity contribution in [1.29, 1.82) is 0 Å². The number of hydrogen-bond acceptors (Lipinski definition) is 15. The molecule has 17 nitrogen and oxygen atoms in total. The van der Waals surface area contributed by atoms with E-state index >= 15 is 0 Å². The number of phosphoric ester groups is 2. The minimum atomic E-state index is -4.96. The number of esters is 4. The largest absolute Gasteiger partial charge is 0.472 e. The Morgan fingerprint density at radius 2 is 0.537 bits per heavy atom. The highest BCUT2D eigenvalue weighted by Gasteiger charge is 2.30. The van der Waals surface area contributed by atoms with Gasteiger partial charge in [-0.1, -0.05) is 343 Å². The van der Waals surface area contributed by atoms with Crippen LogP contribution in [-0.2, 0) is 65.4 Å². The van der Waals surface area contributed by atoms with E-state index in [4.69, 9.17) is 37.0 Å². The number of rotatable bonds is 75. The molecule has 0 aromatic heterocycles. The third kappa shape index (κ3) is 69.0. The summed E-state index contributed by atoms with van der Waals surface area (Å²) in [6, 6.07) is 0. The van der Waals surface area contributed by atoms with E-state index in [-0.39, 0.29) is 25.7 Å². The van der Waals surface area contributed by atoms with Gasteiger partial charge in [-0.3, -0.25) is 37.3 Å². The molecule has 0 heterocycles. The van der Waals surface area contributed by atoms with Gasteiger partial charge in [0, 0.05) is 25.7 Å². The summed E-state index contributed by atoms with van der Waals surface area (Å²) in [7, 11) is -9.91. The maximum Gasteiger partial charge on any atom is 0.472 e. The lowest BCUT2D eigenvalue weighted by atomic mass is 9.99. The minimum absolute atomic E-state index is 0.105. The van der Waals surface area contributed by atoms with Gasteiger partial charge >= 0.3 is 39.5 Å². The van der Waals surface area contributed by atoms with Crippen LogP contribution in [0.3, 0.4) is 0 Å². The van der Waals surface area contributed by atoms with Crippen LogP contribution in [0.1, 0.15) is 395 Å². The molecule has 95 heavy (non-hydrogen) atoms. The van der Waals surface area contributed by atoms with Crippen LogP contribution in [0, 0.1) is 11.8 Å². The standard InChI is InChI=1S/C76H148O17P2/c1-7-10-12-14-16-17-18-19-20-21-22-23-24-25-26-27-32-35-42-48-54-60-75(80)92-72(65-87-74(79)59-53-47-41-34-31-29-28-30-33-39-44-50-56-68(4)5)67-91-95(84,85)89-63-70(77)62-88-94(82,83)90-66-71(64-86-73(78)58-52-46-38-15-13-11-8-2)93-76(81)61-55-49-43-37-36-40-45-51-57-69(6)9-3/h68-72,77H,7-67H2,1-6H3,(H,82,83)(H,84,85)/t69?,70-,71+,72+/m0/s1. The van der Waals surface area contributed by atoms with E-state index in [2.05, 4.69) is 41.5 Å². The van der Waals surface area contributed by atoms with Crippen LogP contribution in [0.4, 0.5) is 0 Å². The molecule has 6 atom stereocenters. The second-order valence-electron chi connectivity index (χ2n) is 28.1. The van der Waals surface area contributed by atoms with Crippen LogP contribution in [-0.4, -0.2) is 96.7 Å². The summed E-state index contributed by atoms with van der Waals surface area (Å²) in [5.41, 5.74) is 0. The van der Waals surface area contributed by atoms with Gasteiger partial charge in [-0.25, -0.2) is 9.13 Å². The highest BCUT2D eigenvalue weighted by atomic mass is 31.2. The van der Waals surface area contributed by atoms with Crippen molar-refractivity contribution >= 4 is 39.5 Å². The van der Waals surface area contributed by atoms with Crippen LogP contribution in [0.5, 0.6) is 0 Å². The van der Waals surface area contributed by atoms with Crippen molar-refractivity contribution in [1.82, 2.24) is 0 Å². The number of phosphoric acid groups is 2. The first kappa shape index (κ1) is 93.1. The Morgan fingerprint density at radius 3 is 0.800 bits per heavy atom. The van der Waals surface area contributed by atoms with Gasteiger partial charge in [-0.05, 0) is 37.5 Å². The van der Waals surface area contributed by atoms with Gasteiger partial charge in [0.25, 0.3) is 0 Å². The van der Waals surface area contributed by atoms with Crippen molar-refractivity contribution in [3.05, 3.63) is 0 Å². The molecule has 0 aliphatic heterocycles. The van der Waals surface area contributed by atoms with Crippen molar-refractivity contribution < 1.29 is 80.2 Å². The zero-order chi connectivity index (χ0) is 70.0. The van der Waals surface area contributed by atoms with Gasteiger partial charge in [0.2, 0.25) is 0 Å². The molecule has 0 bridgehead atoms. The van der Waals surface area contributed by atoms with Crippen molar-refractivity contribution in [2.45, 2.75) is 413 Å². The number of carbonyl (C=O) groups excluding carboxylic acids is 4. The maximum absolute atomic E-state index is 13.1. The van der Waals surface area contributed by atoms with Gasteiger partial charge in [0.05, 0.1) is 26.4 Å². The Labute approximate surface area is 581 Å². The smallest absolute Gasteiger partial charge is 0.462 e. The summed E-state index contributed by atoms with van der Waals surface area (Å²) in [5.74, 6) is -0.571. The minimum Gasteiger partial charge on any atom is -0.462 e. The van der Waals surface area contributed by atoms with E-state index in [9.17, 15) is 43.2 Å². The van der Waals surface area contributed by atoms with E-state index in [1.165, 1.54) is 199 Å². The van der Waals surface area contributed by atoms with E-state index in [1.807, 2.05) is 0 Å². The molecular weight excluding hydrogens is 1250 g/mol. The number of carbonyl (C=O) groups is 4. The van der Waals surface area contributed by atoms with E-state index in [0.717, 1.165) is 115 Å². The third-order valence-electron chi connectivity index (χ3n) is 18.1. The molecule has 0 fully saturated rings. The van der Waals surface area contributed by atoms with Gasteiger partial charge in [-0.2, -0.15) is 0 Å². The molecule has 0 amide bonds. The highest BCUT2D eigenvalue weighted by molar-refractivity contribution is 7.47. The Bertz CT molecular complexity index is 1840. The lowest BCUT2D eigenvalue weighted by molar-refractivity contribution is -0.161. The SMILES string of the molecule is CCCCCCCCCCCCCCCCCCCCCCCC(=O)O[C@H](COC(=O)CCCCCCCCCCCCCCC(C)C)COP(=O)(O)OC[C@@H](O)COP(=O)(O)OC[C@@H](COC(=O)CCCCCCCCC)OC(=O)CCCCCCCCCCC(C)CC. The van der Waals surface area contributed by atoms with Gasteiger partial charge < -0.3 is 33.8 Å². The number of aliphatic hydroxyl groups excluding tert-OH is 1. The fourth-order valence-corrected chi connectivity index (χ4v) is 13.2. The van der Waals surface area contributed by atoms with Crippen molar-refractivity contribution in [3.63, 3.8) is 0 Å². The molecule has 0 saturated carbocycles. The Hall–Kier alpha value is -1.94. The van der Waals surface area contributed by atoms with E-state index in [0.29, 0.717) is 25.7 Å². The summed E-state index contributed by atoms with van der Waals surface area (Å²) in [6.07, 6.45) is 55.7. The molecule has 3 unspecified atom stereocenters. The number of hydrogen-bond donors (Lipinski definition) is 3. The second kappa shape index (κ2) is 67.9. The zero-order valence-corrected chi connectivity index (χ0v) is 63.8. The van der Waals surface area contributed by atoms with E-state index < -0.39 is 97.5 Å². The first-order valence-corrected chi connectivity index (χ1v) is 42.5. The first-order valence-electron chi connectivity index (χ1n) is 39.5. The van der Waals surface area contributed by atoms with E-state index in [1.54, 1.807) is 0 Å². The highest BCUT2D eigenvalue weighted by Crippen LogP contribution is 2.45. The average molecular weight is 1400 g/mol. The quantitative estimate of drug-likeness (QED) is 0.0222. The zero-order valence-electron chi connectivity index (χ0n) is 62.0. The predicted molar refractivity (Wildman–Crippen MR) is 386 cm³/mol. The molecule has 0 aliphatic rings. The van der Waals surface area contributed by atoms with Crippen LogP contribution in [0.15, 0.2) is 0 Å². The Morgan fingerprint density at radius 1 is 0.305 bits per heavy atom. The fraction of sp³-hybridized carbons (Fsp3) is 0.947. The number of unbranched alkanes of at least 4 members (excludes halogenated alkanes) is 44. The average Bonchev–Trinajstić information content (AvgIpc) is 2.91. The summed E-state index contributed by atoms with van der Waals surface area (Å²) in [6.45, 7) is 9.56.